The van der Waals surface area contributed by atoms with Gasteiger partial charge in [0.25, 0.3) is 5.91 Å². The monoisotopic (exact) mass is 490 g/mol. The van der Waals surface area contributed by atoms with Gasteiger partial charge in [0.15, 0.2) is 0 Å². The Hall–Kier alpha value is -3.61. The van der Waals surface area contributed by atoms with Crippen molar-refractivity contribution in [2.24, 2.45) is 0 Å². The fourth-order valence-corrected chi connectivity index (χ4v) is 3.90. The zero-order valence-corrected chi connectivity index (χ0v) is 22.3. The average Bonchev–Trinajstić information content (AvgIpc) is 3.27. The van der Waals surface area contributed by atoms with Crippen LogP contribution in [-0.4, -0.2) is 46.7 Å². The van der Waals surface area contributed by atoms with Gasteiger partial charge in [-0.25, -0.2) is 4.68 Å². The van der Waals surface area contributed by atoms with Crippen molar-refractivity contribution in [3.63, 3.8) is 0 Å². The smallest absolute Gasteiger partial charge is 0.254 e. The molecule has 7 heteroatoms. The molecule has 0 bridgehead atoms. The van der Waals surface area contributed by atoms with Crippen LogP contribution in [0.2, 0.25) is 0 Å². The maximum atomic E-state index is 13.3. The van der Waals surface area contributed by atoms with Crippen LogP contribution >= 0.6 is 0 Å². The molecule has 0 radical (unpaired) electrons. The number of carbonyl (C=O) groups excluding carboxylic acids is 2. The SMILES string of the molecule is CCCCCN(CC(=O)Nc1cc(C(C)(C)C)nn1-c1ccc(OC)cc1)C(=O)c1ccccc1C. The highest BCUT2D eigenvalue weighted by molar-refractivity contribution is 6.00. The number of amides is 2. The van der Waals surface area contributed by atoms with Gasteiger partial charge in [0.05, 0.1) is 18.5 Å². The number of unbranched alkanes of at least 4 members (excludes halogenated alkanes) is 2. The maximum absolute atomic E-state index is 13.3. The number of aromatic nitrogens is 2. The van der Waals surface area contributed by atoms with Crippen molar-refractivity contribution in [3.8, 4) is 11.4 Å². The van der Waals surface area contributed by atoms with Crippen LogP contribution in [0, 0.1) is 6.92 Å². The Bertz CT molecular complexity index is 1180. The summed E-state index contributed by atoms with van der Waals surface area (Å²) in [5, 5.41) is 7.78. The van der Waals surface area contributed by atoms with E-state index in [4.69, 9.17) is 9.84 Å². The number of nitrogens with one attached hydrogen (secondary N) is 1. The zero-order chi connectivity index (χ0) is 26.3. The Morgan fingerprint density at radius 1 is 1.06 bits per heavy atom. The van der Waals surface area contributed by atoms with Crippen molar-refractivity contribution < 1.29 is 14.3 Å². The number of carbonyl (C=O) groups is 2. The van der Waals surface area contributed by atoms with Crippen LogP contribution in [0.4, 0.5) is 5.82 Å². The molecule has 2 amide bonds. The summed E-state index contributed by atoms with van der Waals surface area (Å²) in [7, 11) is 1.62. The minimum absolute atomic E-state index is 0.0322. The lowest BCUT2D eigenvalue weighted by Crippen LogP contribution is -2.39. The van der Waals surface area contributed by atoms with E-state index < -0.39 is 0 Å². The number of hydrogen-bond donors (Lipinski definition) is 1. The highest BCUT2D eigenvalue weighted by atomic mass is 16.5. The molecule has 36 heavy (non-hydrogen) atoms. The maximum Gasteiger partial charge on any atom is 0.254 e. The Morgan fingerprint density at radius 3 is 2.36 bits per heavy atom. The molecule has 0 saturated carbocycles. The van der Waals surface area contributed by atoms with Gasteiger partial charge >= 0.3 is 0 Å². The molecule has 0 saturated heterocycles. The molecule has 0 aliphatic heterocycles. The molecule has 2 aromatic carbocycles. The molecule has 192 valence electrons. The van der Waals surface area contributed by atoms with E-state index in [1.165, 1.54) is 0 Å². The number of nitrogens with zero attached hydrogens (tertiary/aromatic N) is 3. The van der Waals surface area contributed by atoms with Gasteiger partial charge < -0.3 is 15.0 Å². The standard InChI is InChI=1S/C29H38N4O3/c1-7-8-11-18-32(28(35)24-13-10-9-12-21(24)2)20-27(34)30-26-19-25(29(3,4)5)31-33(26)22-14-16-23(36-6)17-15-22/h9-10,12-17,19H,7-8,11,18,20H2,1-6H3,(H,30,34). The third-order valence-corrected chi connectivity index (χ3v) is 6.09. The quantitative estimate of drug-likeness (QED) is 0.367. The molecule has 0 atom stereocenters. The molecule has 3 rings (SSSR count). The number of methoxy groups -OCH3 is 1. The number of benzene rings is 2. The van der Waals surface area contributed by atoms with E-state index in [9.17, 15) is 9.59 Å². The van der Waals surface area contributed by atoms with Crippen molar-refractivity contribution in [3.05, 3.63) is 71.4 Å². The first-order valence-electron chi connectivity index (χ1n) is 12.5. The fourth-order valence-electron chi connectivity index (χ4n) is 3.90. The molecule has 0 spiro atoms. The molecule has 0 fully saturated rings. The minimum Gasteiger partial charge on any atom is -0.497 e. The fraction of sp³-hybridized carbons (Fsp3) is 0.414. The number of aryl methyl sites for hydroxylation is 1. The summed E-state index contributed by atoms with van der Waals surface area (Å²) in [5.74, 6) is 0.916. The summed E-state index contributed by atoms with van der Waals surface area (Å²) in [5.41, 5.74) is 2.97. The number of anilines is 1. The molecule has 0 aliphatic carbocycles. The van der Waals surface area contributed by atoms with Gasteiger partial charge in [0.1, 0.15) is 18.1 Å². The van der Waals surface area contributed by atoms with Crippen LogP contribution in [0.1, 0.15) is 68.6 Å². The van der Waals surface area contributed by atoms with E-state index in [0.717, 1.165) is 42.0 Å². The van der Waals surface area contributed by atoms with Crippen LogP contribution in [-0.2, 0) is 10.2 Å². The van der Waals surface area contributed by atoms with Gasteiger partial charge in [-0.05, 0) is 49.2 Å². The molecule has 7 nitrogen and oxygen atoms in total. The molecule has 1 heterocycles. The lowest BCUT2D eigenvalue weighted by atomic mass is 9.92. The van der Waals surface area contributed by atoms with Crippen molar-refractivity contribution in [2.45, 2.75) is 59.3 Å². The first-order valence-corrected chi connectivity index (χ1v) is 12.5. The van der Waals surface area contributed by atoms with Gasteiger partial charge in [-0.15, -0.1) is 0 Å². The molecule has 3 aromatic rings. The van der Waals surface area contributed by atoms with Gasteiger partial charge in [-0.3, -0.25) is 9.59 Å². The van der Waals surface area contributed by atoms with E-state index in [0.29, 0.717) is 17.9 Å². The Kier molecular flexibility index (Phi) is 8.91. The van der Waals surface area contributed by atoms with Crippen molar-refractivity contribution in [1.29, 1.82) is 0 Å². The molecule has 1 aromatic heterocycles. The first kappa shape index (κ1) is 27.0. The second-order valence-corrected chi connectivity index (χ2v) is 10.1. The van der Waals surface area contributed by atoms with Gasteiger partial charge in [-0.1, -0.05) is 58.7 Å². The van der Waals surface area contributed by atoms with E-state index in [-0.39, 0.29) is 23.8 Å². The Balaban J connectivity index is 1.86. The number of ether oxygens (including phenoxy) is 1. The Labute approximate surface area is 214 Å². The topological polar surface area (TPSA) is 76.5 Å². The van der Waals surface area contributed by atoms with Crippen molar-refractivity contribution in [1.82, 2.24) is 14.7 Å². The molecule has 1 N–H and O–H groups in total. The summed E-state index contributed by atoms with van der Waals surface area (Å²) < 4.78 is 7.00. The highest BCUT2D eigenvalue weighted by Crippen LogP contribution is 2.27. The summed E-state index contributed by atoms with van der Waals surface area (Å²) in [6.07, 6.45) is 2.88. The minimum atomic E-state index is -0.261. The second kappa shape index (κ2) is 11.9. The van der Waals surface area contributed by atoms with Crippen LogP contribution in [0.3, 0.4) is 0 Å². The molecular weight excluding hydrogens is 452 g/mol. The van der Waals surface area contributed by atoms with Crippen LogP contribution in [0.15, 0.2) is 54.6 Å². The predicted molar refractivity (Wildman–Crippen MR) is 144 cm³/mol. The largest absolute Gasteiger partial charge is 0.497 e. The van der Waals surface area contributed by atoms with Crippen LogP contribution < -0.4 is 10.1 Å². The normalized spacial score (nSPS) is 11.3. The second-order valence-electron chi connectivity index (χ2n) is 10.1. The molecule has 0 unspecified atom stereocenters. The Morgan fingerprint density at radius 2 is 1.75 bits per heavy atom. The van der Waals surface area contributed by atoms with E-state index >= 15 is 0 Å². The number of rotatable bonds is 10. The summed E-state index contributed by atoms with van der Waals surface area (Å²) in [4.78, 5) is 28.2. The summed E-state index contributed by atoms with van der Waals surface area (Å²) >= 11 is 0. The van der Waals surface area contributed by atoms with Crippen LogP contribution in [0.5, 0.6) is 5.75 Å². The first-order chi connectivity index (χ1) is 17.1. The van der Waals surface area contributed by atoms with Crippen molar-refractivity contribution in [2.75, 3.05) is 25.5 Å². The third-order valence-electron chi connectivity index (χ3n) is 6.09. The van der Waals surface area contributed by atoms with E-state index in [2.05, 4.69) is 33.0 Å². The van der Waals surface area contributed by atoms with E-state index in [1.54, 1.807) is 16.7 Å². The highest BCUT2D eigenvalue weighted by Gasteiger charge is 2.24. The van der Waals surface area contributed by atoms with Gasteiger partial charge in [-0.2, -0.15) is 5.10 Å². The van der Waals surface area contributed by atoms with E-state index in [1.807, 2.05) is 61.5 Å². The van der Waals surface area contributed by atoms with Crippen LogP contribution in [0.25, 0.3) is 5.69 Å². The van der Waals surface area contributed by atoms with Crippen molar-refractivity contribution >= 4 is 17.6 Å². The summed E-state index contributed by atoms with van der Waals surface area (Å²) in [6.45, 7) is 10.8. The molecular formula is C29H38N4O3. The average molecular weight is 491 g/mol. The predicted octanol–water partition coefficient (Wildman–Crippen LogP) is 5.76. The number of hydrogen-bond acceptors (Lipinski definition) is 4. The van der Waals surface area contributed by atoms with Gasteiger partial charge in [0, 0.05) is 23.6 Å². The zero-order valence-electron chi connectivity index (χ0n) is 22.3. The molecule has 0 aliphatic rings. The third kappa shape index (κ3) is 6.74. The lowest BCUT2D eigenvalue weighted by molar-refractivity contribution is -0.117. The summed E-state index contributed by atoms with van der Waals surface area (Å²) in [6, 6.07) is 16.9. The lowest BCUT2D eigenvalue weighted by Gasteiger charge is -2.23. The van der Waals surface area contributed by atoms with Gasteiger partial charge in [0.2, 0.25) is 5.91 Å².